The highest BCUT2D eigenvalue weighted by Gasteiger charge is 2.19. The van der Waals surface area contributed by atoms with Crippen molar-refractivity contribution in [2.45, 2.75) is 0 Å². The zero-order chi connectivity index (χ0) is 32.5. The molecule has 0 bridgehead atoms. The van der Waals surface area contributed by atoms with Crippen LogP contribution in [-0.2, 0) is 0 Å². The summed E-state index contributed by atoms with van der Waals surface area (Å²) in [5.74, 6) is 0. The fraction of sp³-hybridized carbons (Fsp3) is 0. The third kappa shape index (κ3) is 4.11. The molecule has 0 spiro atoms. The lowest BCUT2D eigenvalue weighted by molar-refractivity contribution is 1.18. The summed E-state index contributed by atoms with van der Waals surface area (Å²) in [4.78, 5) is 5.46. The summed E-state index contributed by atoms with van der Waals surface area (Å²) >= 11 is 0. The smallest absolute Gasteiger partial charge is 0.0992 e. The summed E-state index contributed by atoms with van der Waals surface area (Å²) in [5, 5.41) is 20.3. The largest absolute Gasteiger partial charge is 0.309 e. The van der Waals surface area contributed by atoms with E-state index in [1.165, 1.54) is 27.1 Å². The van der Waals surface area contributed by atoms with Crippen LogP contribution in [0.2, 0.25) is 0 Å². The number of nitrogens with zero attached hydrogens (tertiary/aromatic N) is 3. The van der Waals surface area contributed by atoms with Crippen LogP contribution in [0.1, 0.15) is 5.56 Å². The van der Waals surface area contributed by atoms with Gasteiger partial charge < -0.3 is 4.57 Å². The highest BCUT2D eigenvalue weighted by molar-refractivity contribution is 6.28. The number of para-hydroxylation sites is 1. The van der Waals surface area contributed by atoms with Crippen molar-refractivity contribution in [2.24, 2.45) is 0 Å². The van der Waals surface area contributed by atoms with Gasteiger partial charge in [0.25, 0.3) is 0 Å². The fourth-order valence-electron chi connectivity index (χ4n) is 7.77. The van der Waals surface area contributed by atoms with Crippen molar-refractivity contribution in [1.82, 2.24) is 9.55 Å². The van der Waals surface area contributed by atoms with E-state index in [0.717, 1.165) is 66.0 Å². The molecule has 0 saturated heterocycles. The SMILES string of the molecule is N#Cc1ccc2c3cc(-c4cc5c(-c6ccccc6)nc6c7ccccc7ccc6c5c5ccccc45)ccc3n(-c3ccccc3)c2c1. The maximum absolute atomic E-state index is 9.77. The molecule has 8 aromatic carbocycles. The third-order valence-corrected chi connectivity index (χ3v) is 9.96. The van der Waals surface area contributed by atoms with Gasteiger partial charge in [0.15, 0.2) is 0 Å². The van der Waals surface area contributed by atoms with Crippen LogP contribution < -0.4 is 0 Å². The first-order chi connectivity index (χ1) is 24.3. The van der Waals surface area contributed by atoms with Gasteiger partial charge in [0, 0.05) is 43.6 Å². The van der Waals surface area contributed by atoms with Gasteiger partial charge in [0.05, 0.1) is 33.9 Å². The summed E-state index contributed by atoms with van der Waals surface area (Å²) in [7, 11) is 0. The molecule has 0 aliphatic carbocycles. The van der Waals surface area contributed by atoms with Crippen molar-refractivity contribution in [3.8, 4) is 34.1 Å². The van der Waals surface area contributed by atoms with Crippen molar-refractivity contribution >= 4 is 65.0 Å². The summed E-state index contributed by atoms with van der Waals surface area (Å²) in [5.41, 5.74) is 9.25. The molecule has 0 atom stereocenters. The molecule has 3 nitrogen and oxygen atoms in total. The normalized spacial score (nSPS) is 11.7. The van der Waals surface area contributed by atoms with Crippen LogP contribution >= 0.6 is 0 Å². The van der Waals surface area contributed by atoms with Crippen LogP contribution in [0.5, 0.6) is 0 Å². The molecule has 0 aliphatic rings. The lowest BCUT2D eigenvalue weighted by Gasteiger charge is -2.17. The number of nitriles is 1. The van der Waals surface area contributed by atoms with Crippen molar-refractivity contribution < 1.29 is 0 Å². The number of rotatable bonds is 3. The predicted molar refractivity (Wildman–Crippen MR) is 204 cm³/mol. The fourth-order valence-corrected chi connectivity index (χ4v) is 7.77. The average Bonchev–Trinajstić information content (AvgIpc) is 3.50. The zero-order valence-electron chi connectivity index (χ0n) is 26.4. The molecule has 0 radical (unpaired) electrons. The van der Waals surface area contributed by atoms with Crippen LogP contribution in [0.3, 0.4) is 0 Å². The van der Waals surface area contributed by atoms with E-state index in [4.69, 9.17) is 4.98 Å². The second kappa shape index (κ2) is 10.6. The molecular formula is C46H27N3. The van der Waals surface area contributed by atoms with Gasteiger partial charge in [-0.1, -0.05) is 121 Å². The Kier molecular flexibility index (Phi) is 5.94. The molecule has 3 heteroatoms. The standard InChI is InChI=1S/C46H27N3/c47-28-29-19-22-36-40-26-32(21-24-42(40)49(43(36)25-29)33-14-5-2-6-15-33)39-27-41-44(37-18-10-9-17-35(37)39)38-23-20-30-11-7-8-16-34(30)46(38)48-45(41)31-12-3-1-4-13-31/h1-27H. The van der Waals surface area contributed by atoms with Crippen molar-refractivity contribution in [2.75, 3.05) is 0 Å². The molecule has 2 aromatic heterocycles. The van der Waals surface area contributed by atoms with Gasteiger partial charge in [0.1, 0.15) is 0 Å². The van der Waals surface area contributed by atoms with Gasteiger partial charge in [-0.15, -0.1) is 0 Å². The Hall–Kier alpha value is -6.76. The quantitative estimate of drug-likeness (QED) is 0.184. The minimum atomic E-state index is 0.647. The van der Waals surface area contributed by atoms with E-state index in [9.17, 15) is 5.26 Å². The van der Waals surface area contributed by atoms with E-state index in [0.29, 0.717) is 5.56 Å². The monoisotopic (exact) mass is 621 g/mol. The molecule has 226 valence electrons. The van der Waals surface area contributed by atoms with Gasteiger partial charge in [-0.2, -0.15) is 5.26 Å². The molecule has 49 heavy (non-hydrogen) atoms. The van der Waals surface area contributed by atoms with Gasteiger partial charge in [-0.25, -0.2) is 4.98 Å². The predicted octanol–water partition coefficient (Wildman–Crippen LogP) is 12.0. The Labute approximate surface area is 282 Å². The highest BCUT2D eigenvalue weighted by atomic mass is 15.0. The lowest BCUT2D eigenvalue weighted by Crippen LogP contribution is -1.94. The molecule has 0 saturated carbocycles. The molecule has 0 N–H and O–H groups in total. The van der Waals surface area contributed by atoms with Crippen LogP contribution in [0, 0.1) is 11.3 Å². The van der Waals surface area contributed by atoms with Crippen LogP contribution in [0.15, 0.2) is 164 Å². The highest BCUT2D eigenvalue weighted by Crippen LogP contribution is 2.44. The number of benzene rings is 8. The van der Waals surface area contributed by atoms with E-state index >= 15 is 0 Å². The van der Waals surface area contributed by atoms with Crippen molar-refractivity contribution in [1.29, 1.82) is 5.26 Å². The summed E-state index contributed by atoms with van der Waals surface area (Å²) < 4.78 is 2.27. The molecule has 10 aromatic rings. The first-order valence-electron chi connectivity index (χ1n) is 16.5. The van der Waals surface area contributed by atoms with E-state index < -0.39 is 0 Å². The third-order valence-electron chi connectivity index (χ3n) is 9.96. The Morgan fingerprint density at radius 2 is 1.18 bits per heavy atom. The summed E-state index contributed by atoms with van der Waals surface area (Å²) in [6.07, 6.45) is 0. The molecular weight excluding hydrogens is 595 g/mol. The molecule has 10 rings (SSSR count). The van der Waals surface area contributed by atoms with Crippen molar-refractivity contribution in [3.05, 3.63) is 169 Å². The Balaban J connectivity index is 1.33. The minimum Gasteiger partial charge on any atom is -0.309 e. The number of pyridine rings is 1. The second-order valence-electron chi connectivity index (χ2n) is 12.6. The molecule has 0 aliphatic heterocycles. The number of hydrogen-bond acceptors (Lipinski definition) is 2. The van der Waals surface area contributed by atoms with Crippen molar-refractivity contribution in [3.63, 3.8) is 0 Å². The van der Waals surface area contributed by atoms with E-state index in [1.807, 2.05) is 18.2 Å². The topological polar surface area (TPSA) is 41.6 Å². The van der Waals surface area contributed by atoms with Gasteiger partial charge in [-0.05, 0) is 69.8 Å². The first kappa shape index (κ1) is 27.4. The van der Waals surface area contributed by atoms with Crippen LogP contribution in [0.4, 0.5) is 0 Å². The first-order valence-corrected chi connectivity index (χ1v) is 16.5. The maximum atomic E-state index is 9.77. The number of hydrogen-bond donors (Lipinski definition) is 0. The summed E-state index contributed by atoms with van der Waals surface area (Å²) in [6.45, 7) is 0. The van der Waals surface area contributed by atoms with E-state index in [2.05, 4.69) is 156 Å². The Morgan fingerprint density at radius 1 is 0.469 bits per heavy atom. The van der Waals surface area contributed by atoms with Crippen LogP contribution in [0.25, 0.3) is 93.1 Å². The van der Waals surface area contributed by atoms with Gasteiger partial charge >= 0.3 is 0 Å². The number of aromatic nitrogens is 2. The Morgan fingerprint density at radius 3 is 2.00 bits per heavy atom. The van der Waals surface area contributed by atoms with Gasteiger partial charge in [0.2, 0.25) is 0 Å². The summed E-state index contributed by atoms with van der Waals surface area (Å²) in [6, 6.07) is 60.2. The molecule has 2 heterocycles. The zero-order valence-corrected chi connectivity index (χ0v) is 26.4. The Bertz CT molecular complexity index is 2990. The van der Waals surface area contributed by atoms with Crippen LogP contribution in [-0.4, -0.2) is 9.55 Å². The average molecular weight is 622 g/mol. The number of fused-ring (bicyclic) bond motifs is 10. The maximum Gasteiger partial charge on any atom is 0.0992 e. The lowest BCUT2D eigenvalue weighted by atomic mass is 9.89. The molecule has 0 fully saturated rings. The minimum absolute atomic E-state index is 0.647. The van der Waals surface area contributed by atoms with E-state index in [1.54, 1.807) is 0 Å². The van der Waals surface area contributed by atoms with Gasteiger partial charge in [-0.3, -0.25) is 0 Å². The molecule has 0 unspecified atom stereocenters. The second-order valence-corrected chi connectivity index (χ2v) is 12.6. The molecule has 0 amide bonds. The van der Waals surface area contributed by atoms with E-state index in [-0.39, 0.29) is 0 Å².